The molecule has 0 spiro atoms. The van der Waals surface area contributed by atoms with E-state index in [1.807, 2.05) is 60.7 Å². The minimum atomic E-state index is -0.368. The number of nitrogens with zero attached hydrogens (tertiary/aromatic N) is 1. The minimum absolute atomic E-state index is 0.251. The Morgan fingerprint density at radius 1 is 0.893 bits per heavy atom. The van der Waals surface area contributed by atoms with Crippen molar-refractivity contribution in [2.45, 2.75) is 13.0 Å². The first kappa shape index (κ1) is 19.2. The van der Waals surface area contributed by atoms with Crippen molar-refractivity contribution in [3.63, 3.8) is 0 Å². The van der Waals surface area contributed by atoms with E-state index in [2.05, 4.69) is 5.32 Å². The monoisotopic (exact) mass is 374 g/mol. The van der Waals surface area contributed by atoms with E-state index in [0.29, 0.717) is 18.0 Å². The fourth-order valence-electron chi connectivity index (χ4n) is 2.84. The molecule has 0 bridgehead atoms. The van der Waals surface area contributed by atoms with Crippen LogP contribution in [0.2, 0.25) is 0 Å². The second kappa shape index (κ2) is 9.37. The number of ether oxygens (including phenoxy) is 1. The molecule has 2 amide bonds. The second-order valence-corrected chi connectivity index (χ2v) is 6.26. The molecule has 0 aliphatic heterocycles. The summed E-state index contributed by atoms with van der Waals surface area (Å²) >= 11 is 0. The zero-order chi connectivity index (χ0) is 19.8. The van der Waals surface area contributed by atoms with Gasteiger partial charge in [0, 0.05) is 17.4 Å². The number of carbonyl (C=O) groups is 2. The van der Waals surface area contributed by atoms with Gasteiger partial charge in [-0.15, -0.1) is 0 Å². The molecule has 3 aromatic rings. The molecule has 142 valence electrons. The number of amides is 2. The van der Waals surface area contributed by atoms with Gasteiger partial charge in [0.15, 0.2) is 0 Å². The number of para-hydroxylation sites is 1. The highest BCUT2D eigenvalue weighted by Gasteiger charge is 2.19. The standard InChI is InChI=1S/C23H22N2O3/c1-28-21-14-8-11-19(15-21)24-22(26)16-23(27)25(20-12-6-3-7-13-20)17-18-9-4-2-5-10-18/h2-15H,16-17H2,1H3,(H,24,26). The average Bonchev–Trinajstić information content (AvgIpc) is 2.73. The quantitative estimate of drug-likeness (QED) is 0.629. The van der Waals surface area contributed by atoms with Gasteiger partial charge in [0.05, 0.1) is 13.7 Å². The van der Waals surface area contributed by atoms with Gasteiger partial charge in [0.1, 0.15) is 12.2 Å². The van der Waals surface area contributed by atoms with Gasteiger partial charge in [-0.3, -0.25) is 9.59 Å². The zero-order valence-electron chi connectivity index (χ0n) is 15.7. The molecule has 5 heteroatoms. The van der Waals surface area contributed by atoms with E-state index < -0.39 is 0 Å². The first-order valence-corrected chi connectivity index (χ1v) is 8.99. The van der Waals surface area contributed by atoms with E-state index >= 15 is 0 Å². The first-order chi connectivity index (χ1) is 13.7. The maximum Gasteiger partial charge on any atom is 0.236 e. The Morgan fingerprint density at radius 2 is 1.57 bits per heavy atom. The number of hydrogen-bond donors (Lipinski definition) is 1. The SMILES string of the molecule is COc1cccc(NC(=O)CC(=O)N(Cc2ccccc2)c2ccccc2)c1. The highest BCUT2D eigenvalue weighted by atomic mass is 16.5. The van der Waals surface area contributed by atoms with E-state index in [-0.39, 0.29) is 18.2 Å². The molecule has 5 nitrogen and oxygen atoms in total. The highest BCUT2D eigenvalue weighted by molar-refractivity contribution is 6.09. The van der Waals surface area contributed by atoms with Crippen LogP contribution in [-0.2, 0) is 16.1 Å². The number of rotatable bonds is 7. The number of benzene rings is 3. The Morgan fingerprint density at radius 3 is 2.25 bits per heavy atom. The van der Waals surface area contributed by atoms with Crippen molar-refractivity contribution in [2.24, 2.45) is 0 Å². The van der Waals surface area contributed by atoms with E-state index in [1.54, 1.807) is 36.3 Å². The maximum atomic E-state index is 12.9. The topological polar surface area (TPSA) is 58.6 Å². The Kier molecular flexibility index (Phi) is 6.41. The predicted molar refractivity (Wildman–Crippen MR) is 110 cm³/mol. The number of hydrogen-bond acceptors (Lipinski definition) is 3. The van der Waals surface area contributed by atoms with Crippen LogP contribution >= 0.6 is 0 Å². The molecule has 0 atom stereocenters. The molecule has 0 unspecified atom stereocenters. The predicted octanol–water partition coefficient (Wildman–Crippen LogP) is 4.26. The fraction of sp³-hybridized carbons (Fsp3) is 0.130. The Hall–Kier alpha value is -3.60. The molecule has 0 heterocycles. The van der Waals surface area contributed by atoms with Crippen molar-refractivity contribution in [2.75, 3.05) is 17.3 Å². The fourth-order valence-corrected chi connectivity index (χ4v) is 2.84. The van der Waals surface area contributed by atoms with Gasteiger partial charge in [-0.25, -0.2) is 0 Å². The highest BCUT2D eigenvalue weighted by Crippen LogP contribution is 2.20. The van der Waals surface area contributed by atoms with Crippen LogP contribution in [0.1, 0.15) is 12.0 Å². The molecule has 28 heavy (non-hydrogen) atoms. The van der Waals surface area contributed by atoms with Gasteiger partial charge in [-0.05, 0) is 29.8 Å². The molecule has 0 saturated heterocycles. The van der Waals surface area contributed by atoms with Crippen molar-refractivity contribution in [3.8, 4) is 5.75 Å². The third-order valence-corrected chi connectivity index (χ3v) is 4.22. The maximum absolute atomic E-state index is 12.9. The summed E-state index contributed by atoms with van der Waals surface area (Å²) in [6, 6.07) is 26.1. The Bertz CT molecular complexity index is 927. The molecule has 1 N–H and O–H groups in total. The van der Waals surface area contributed by atoms with Crippen LogP contribution in [0.3, 0.4) is 0 Å². The van der Waals surface area contributed by atoms with Crippen LogP contribution in [0.25, 0.3) is 0 Å². The van der Waals surface area contributed by atoms with E-state index in [1.165, 1.54) is 0 Å². The molecule has 0 fully saturated rings. The van der Waals surface area contributed by atoms with Crippen LogP contribution in [0.4, 0.5) is 11.4 Å². The van der Waals surface area contributed by atoms with E-state index in [4.69, 9.17) is 4.74 Å². The summed E-state index contributed by atoms with van der Waals surface area (Å²) in [6.07, 6.45) is -0.251. The lowest BCUT2D eigenvalue weighted by Crippen LogP contribution is -2.33. The largest absolute Gasteiger partial charge is 0.497 e. The number of anilines is 2. The minimum Gasteiger partial charge on any atom is -0.497 e. The van der Waals surface area contributed by atoms with Gasteiger partial charge >= 0.3 is 0 Å². The molecule has 0 radical (unpaired) electrons. The number of carbonyl (C=O) groups excluding carboxylic acids is 2. The average molecular weight is 374 g/mol. The van der Waals surface area contributed by atoms with Crippen molar-refractivity contribution in [3.05, 3.63) is 90.5 Å². The molecular formula is C23H22N2O3. The van der Waals surface area contributed by atoms with Crippen molar-refractivity contribution in [1.82, 2.24) is 0 Å². The summed E-state index contributed by atoms with van der Waals surface area (Å²) in [7, 11) is 1.56. The molecule has 0 aliphatic rings. The zero-order valence-corrected chi connectivity index (χ0v) is 15.7. The van der Waals surface area contributed by atoms with Crippen LogP contribution in [0.5, 0.6) is 5.75 Å². The molecule has 0 aromatic heterocycles. The van der Waals surface area contributed by atoms with Crippen molar-refractivity contribution in [1.29, 1.82) is 0 Å². The third-order valence-electron chi connectivity index (χ3n) is 4.22. The summed E-state index contributed by atoms with van der Waals surface area (Å²) < 4.78 is 5.15. The lowest BCUT2D eigenvalue weighted by atomic mass is 10.1. The van der Waals surface area contributed by atoms with Crippen molar-refractivity contribution < 1.29 is 14.3 Å². The number of methoxy groups -OCH3 is 1. The summed E-state index contributed by atoms with van der Waals surface area (Å²) in [4.78, 5) is 26.9. The summed E-state index contributed by atoms with van der Waals surface area (Å²) in [5, 5.41) is 2.75. The molecule has 3 rings (SSSR count). The normalized spacial score (nSPS) is 10.2. The summed E-state index contributed by atoms with van der Waals surface area (Å²) in [6.45, 7) is 0.399. The van der Waals surface area contributed by atoms with Gasteiger partial charge in [0.2, 0.25) is 11.8 Å². The molecule has 3 aromatic carbocycles. The van der Waals surface area contributed by atoms with Crippen LogP contribution < -0.4 is 15.0 Å². The lowest BCUT2D eigenvalue weighted by Gasteiger charge is -2.23. The van der Waals surface area contributed by atoms with Gasteiger partial charge in [0.25, 0.3) is 0 Å². The van der Waals surface area contributed by atoms with Crippen LogP contribution in [0, 0.1) is 0 Å². The van der Waals surface area contributed by atoms with Gasteiger partial charge in [-0.1, -0.05) is 54.6 Å². The molecular weight excluding hydrogens is 352 g/mol. The third kappa shape index (κ3) is 5.20. The van der Waals surface area contributed by atoms with Crippen molar-refractivity contribution >= 4 is 23.2 Å². The molecule has 0 aliphatic carbocycles. The van der Waals surface area contributed by atoms with E-state index in [9.17, 15) is 9.59 Å². The first-order valence-electron chi connectivity index (χ1n) is 8.99. The summed E-state index contributed by atoms with van der Waals surface area (Å²) in [5.41, 5.74) is 2.34. The number of nitrogens with one attached hydrogen (secondary N) is 1. The Balaban J connectivity index is 1.72. The van der Waals surface area contributed by atoms with E-state index in [0.717, 1.165) is 11.3 Å². The Labute approximate surface area is 164 Å². The lowest BCUT2D eigenvalue weighted by molar-refractivity contribution is -0.125. The van der Waals surface area contributed by atoms with Crippen LogP contribution in [-0.4, -0.2) is 18.9 Å². The molecule has 0 saturated carbocycles. The van der Waals surface area contributed by atoms with Gasteiger partial charge in [-0.2, -0.15) is 0 Å². The second-order valence-electron chi connectivity index (χ2n) is 6.26. The smallest absolute Gasteiger partial charge is 0.236 e. The summed E-state index contributed by atoms with van der Waals surface area (Å²) in [5.74, 6) is 0.00168. The van der Waals surface area contributed by atoms with Crippen LogP contribution in [0.15, 0.2) is 84.9 Å². The van der Waals surface area contributed by atoms with Gasteiger partial charge < -0.3 is 15.0 Å².